The van der Waals surface area contributed by atoms with Gasteiger partial charge in [0.05, 0.1) is 13.0 Å². The minimum Gasteiger partial charge on any atom is -0.466 e. The van der Waals surface area contributed by atoms with Crippen LogP contribution in [0, 0.1) is 0 Å². The molecule has 0 aromatic heterocycles. The van der Waals surface area contributed by atoms with Crippen LogP contribution in [0.25, 0.3) is 0 Å². The first-order valence-electron chi connectivity index (χ1n) is 6.18. The van der Waals surface area contributed by atoms with Gasteiger partial charge in [-0.25, -0.2) is 0 Å². The van der Waals surface area contributed by atoms with Crippen LogP contribution in [0.4, 0.5) is 0 Å². The van der Waals surface area contributed by atoms with Crippen LogP contribution in [0.1, 0.15) is 32.6 Å². The topological polar surface area (TPSA) is 41.6 Å². The molecule has 0 fully saturated rings. The molecule has 96 valence electrons. The molecule has 0 rings (SSSR count). The van der Waals surface area contributed by atoms with Crippen LogP contribution in [0.15, 0.2) is 0 Å². The highest BCUT2D eigenvalue weighted by molar-refractivity contribution is 5.69. The third-order valence-corrected chi connectivity index (χ3v) is 2.23. The molecule has 0 aliphatic rings. The monoisotopic (exact) mass is 230 g/mol. The quantitative estimate of drug-likeness (QED) is 0.453. The van der Waals surface area contributed by atoms with Crippen molar-refractivity contribution in [2.45, 2.75) is 32.6 Å². The van der Waals surface area contributed by atoms with Crippen LogP contribution in [-0.2, 0) is 9.53 Å². The summed E-state index contributed by atoms with van der Waals surface area (Å²) >= 11 is 0. The van der Waals surface area contributed by atoms with Gasteiger partial charge in [-0.1, -0.05) is 13.3 Å². The van der Waals surface area contributed by atoms with E-state index in [-0.39, 0.29) is 5.97 Å². The molecule has 0 spiro atoms. The Bertz CT molecular complexity index is 172. The molecule has 0 aromatic carbocycles. The number of nitrogens with one attached hydrogen (secondary N) is 1. The number of nitrogens with zero attached hydrogens (tertiary/aromatic N) is 1. The molecule has 16 heavy (non-hydrogen) atoms. The summed E-state index contributed by atoms with van der Waals surface area (Å²) in [6.45, 7) is 5.41. The Morgan fingerprint density at radius 2 is 2.00 bits per heavy atom. The van der Waals surface area contributed by atoms with Crippen LogP contribution < -0.4 is 5.32 Å². The lowest BCUT2D eigenvalue weighted by Crippen LogP contribution is -2.24. The predicted molar refractivity (Wildman–Crippen MR) is 66.5 cm³/mol. The highest BCUT2D eigenvalue weighted by Gasteiger charge is 2.01. The fraction of sp³-hybridized carbons (Fsp3) is 0.917. The van der Waals surface area contributed by atoms with Gasteiger partial charge in [0, 0.05) is 6.54 Å². The van der Waals surface area contributed by atoms with Gasteiger partial charge in [-0.15, -0.1) is 0 Å². The van der Waals surface area contributed by atoms with Crippen LogP contribution in [-0.4, -0.2) is 51.2 Å². The van der Waals surface area contributed by atoms with Crippen molar-refractivity contribution >= 4 is 5.97 Å². The fourth-order valence-electron chi connectivity index (χ4n) is 1.24. The number of rotatable bonds is 10. The molecule has 0 aliphatic carbocycles. The van der Waals surface area contributed by atoms with E-state index in [2.05, 4.69) is 31.2 Å². The highest BCUT2D eigenvalue weighted by Crippen LogP contribution is 1.91. The van der Waals surface area contributed by atoms with Gasteiger partial charge < -0.3 is 15.0 Å². The van der Waals surface area contributed by atoms with E-state index in [9.17, 15) is 4.79 Å². The Balaban J connectivity index is 3.15. The predicted octanol–water partition coefficient (Wildman–Crippen LogP) is 1.26. The van der Waals surface area contributed by atoms with Gasteiger partial charge in [-0.2, -0.15) is 0 Å². The first-order chi connectivity index (χ1) is 7.66. The van der Waals surface area contributed by atoms with Crippen LogP contribution in [0.5, 0.6) is 0 Å². The maximum Gasteiger partial charge on any atom is 0.307 e. The summed E-state index contributed by atoms with van der Waals surface area (Å²) in [5.41, 5.74) is 0. The average molecular weight is 230 g/mol. The third-order valence-electron chi connectivity index (χ3n) is 2.23. The Morgan fingerprint density at radius 1 is 1.25 bits per heavy atom. The fourth-order valence-corrected chi connectivity index (χ4v) is 1.24. The summed E-state index contributed by atoms with van der Waals surface area (Å²) in [4.78, 5) is 13.3. The first kappa shape index (κ1) is 15.4. The van der Waals surface area contributed by atoms with E-state index in [1.807, 2.05) is 0 Å². The molecule has 1 N–H and O–H groups in total. The maximum atomic E-state index is 11.2. The molecule has 4 heteroatoms. The zero-order valence-electron chi connectivity index (χ0n) is 10.9. The number of esters is 1. The van der Waals surface area contributed by atoms with Crippen LogP contribution in [0.3, 0.4) is 0 Å². The molecular weight excluding hydrogens is 204 g/mol. The molecule has 0 unspecified atom stereocenters. The number of hydrogen-bond donors (Lipinski definition) is 1. The molecule has 0 atom stereocenters. The van der Waals surface area contributed by atoms with Crippen molar-refractivity contribution in [2.24, 2.45) is 0 Å². The van der Waals surface area contributed by atoms with E-state index in [1.165, 1.54) is 0 Å². The van der Waals surface area contributed by atoms with E-state index < -0.39 is 0 Å². The Hall–Kier alpha value is -0.610. The summed E-state index contributed by atoms with van der Waals surface area (Å²) in [6.07, 6.45) is 3.61. The van der Waals surface area contributed by atoms with E-state index >= 15 is 0 Å². The maximum absolute atomic E-state index is 11.2. The Morgan fingerprint density at radius 3 is 2.62 bits per heavy atom. The van der Waals surface area contributed by atoms with Crippen molar-refractivity contribution in [3.05, 3.63) is 0 Å². The standard InChI is InChI=1S/C12H26N2O2/c1-4-5-11-16-12(15)7-9-13-8-6-10-14(2)3/h13H,4-11H2,1-3H3. The molecule has 0 heterocycles. The Labute approximate surface area is 99.3 Å². The molecule has 0 bridgehead atoms. The van der Waals surface area contributed by atoms with Gasteiger partial charge in [0.25, 0.3) is 0 Å². The van der Waals surface area contributed by atoms with Crippen molar-refractivity contribution < 1.29 is 9.53 Å². The van der Waals surface area contributed by atoms with Crippen molar-refractivity contribution in [2.75, 3.05) is 40.3 Å². The van der Waals surface area contributed by atoms with Gasteiger partial charge in [-0.3, -0.25) is 4.79 Å². The third kappa shape index (κ3) is 11.5. The van der Waals surface area contributed by atoms with Crippen LogP contribution >= 0.6 is 0 Å². The lowest BCUT2D eigenvalue weighted by molar-refractivity contribution is -0.143. The largest absolute Gasteiger partial charge is 0.466 e. The zero-order valence-corrected chi connectivity index (χ0v) is 10.9. The van der Waals surface area contributed by atoms with Crippen LogP contribution in [0.2, 0.25) is 0 Å². The zero-order chi connectivity index (χ0) is 12.2. The Kier molecular flexibility index (Phi) is 10.5. The first-order valence-corrected chi connectivity index (χ1v) is 6.18. The van der Waals surface area contributed by atoms with Gasteiger partial charge >= 0.3 is 5.97 Å². The highest BCUT2D eigenvalue weighted by atomic mass is 16.5. The minimum absolute atomic E-state index is 0.0893. The summed E-state index contributed by atoms with van der Waals surface area (Å²) in [6, 6.07) is 0. The molecule has 0 saturated heterocycles. The molecule has 0 radical (unpaired) electrons. The second-order valence-corrected chi connectivity index (χ2v) is 4.23. The average Bonchev–Trinajstić information content (AvgIpc) is 2.23. The van der Waals surface area contributed by atoms with Crippen molar-refractivity contribution in [3.8, 4) is 0 Å². The summed E-state index contributed by atoms with van der Waals surface area (Å²) < 4.78 is 5.04. The number of unbranched alkanes of at least 4 members (excludes halogenated alkanes) is 1. The van der Waals surface area contributed by atoms with E-state index in [4.69, 9.17) is 4.74 Å². The molecule has 0 amide bonds. The van der Waals surface area contributed by atoms with E-state index in [0.717, 1.165) is 38.9 Å². The lowest BCUT2D eigenvalue weighted by atomic mass is 10.3. The lowest BCUT2D eigenvalue weighted by Gasteiger charge is -2.09. The molecule has 4 nitrogen and oxygen atoms in total. The minimum atomic E-state index is -0.0893. The van der Waals surface area contributed by atoms with E-state index in [1.54, 1.807) is 0 Å². The summed E-state index contributed by atoms with van der Waals surface area (Å²) in [5, 5.41) is 3.23. The molecular formula is C12H26N2O2. The number of carbonyl (C=O) groups is 1. The second kappa shape index (κ2) is 10.9. The number of carbonyl (C=O) groups excluding carboxylic acids is 1. The van der Waals surface area contributed by atoms with Gasteiger partial charge in [0.2, 0.25) is 0 Å². The number of ether oxygens (including phenoxy) is 1. The van der Waals surface area contributed by atoms with Gasteiger partial charge in [-0.05, 0) is 40.0 Å². The molecule has 0 saturated carbocycles. The summed E-state index contributed by atoms with van der Waals surface area (Å²) in [7, 11) is 4.12. The number of hydrogen-bond acceptors (Lipinski definition) is 4. The SMILES string of the molecule is CCCCOC(=O)CCNCCCN(C)C. The van der Waals surface area contributed by atoms with Crippen molar-refractivity contribution in [3.63, 3.8) is 0 Å². The van der Waals surface area contributed by atoms with Gasteiger partial charge in [0.1, 0.15) is 0 Å². The summed E-state index contributed by atoms with van der Waals surface area (Å²) in [5.74, 6) is -0.0893. The van der Waals surface area contributed by atoms with E-state index in [0.29, 0.717) is 13.0 Å². The van der Waals surface area contributed by atoms with Crippen molar-refractivity contribution in [1.29, 1.82) is 0 Å². The second-order valence-electron chi connectivity index (χ2n) is 4.23. The molecule has 0 aliphatic heterocycles. The normalized spacial score (nSPS) is 10.8. The molecule has 0 aromatic rings. The van der Waals surface area contributed by atoms with Gasteiger partial charge in [0.15, 0.2) is 0 Å². The smallest absolute Gasteiger partial charge is 0.307 e. The van der Waals surface area contributed by atoms with Crippen molar-refractivity contribution in [1.82, 2.24) is 10.2 Å².